The van der Waals surface area contributed by atoms with E-state index in [1.807, 2.05) is 18.2 Å². The normalized spacial score (nSPS) is 22.2. The molecule has 0 N–H and O–H groups in total. The van der Waals surface area contributed by atoms with Crippen molar-refractivity contribution in [2.45, 2.75) is 63.9 Å². The first kappa shape index (κ1) is 14.4. The molecule has 1 fully saturated rings. The third-order valence-electron chi connectivity index (χ3n) is 4.20. The first-order chi connectivity index (χ1) is 9.28. The minimum atomic E-state index is -0.261. The van der Waals surface area contributed by atoms with E-state index >= 15 is 0 Å². The summed E-state index contributed by atoms with van der Waals surface area (Å²) in [6, 6.07) is 7.35. The Morgan fingerprint density at radius 2 is 1.79 bits per heavy atom. The molecule has 2 nitrogen and oxygen atoms in total. The molecule has 1 unspecified atom stereocenters. The van der Waals surface area contributed by atoms with Crippen LogP contribution in [0.2, 0.25) is 0 Å². The van der Waals surface area contributed by atoms with Crippen LogP contribution in [-0.2, 0) is 15.4 Å². The Bertz CT molecular complexity index is 383. The van der Waals surface area contributed by atoms with Gasteiger partial charge in [0.25, 0.3) is 0 Å². The van der Waals surface area contributed by atoms with Gasteiger partial charge in [-0.15, -0.1) is 0 Å². The molecular formula is C17H25O2. The lowest BCUT2D eigenvalue weighted by atomic mass is 9.81. The summed E-state index contributed by atoms with van der Waals surface area (Å²) in [5.74, 6) is 0.133. The van der Waals surface area contributed by atoms with E-state index in [0.717, 1.165) is 31.4 Å². The van der Waals surface area contributed by atoms with Gasteiger partial charge in [0.15, 0.2) is 5.75 Å². The molecule has 105 valence electrons. The Morgan fingerprint density at radius 3 is 2.42 bits per heavy atom. The van der Waals surface area contributed by atoms with Crippen LogP contribution >= 0.6 is 0 Å². The average molecular weight is 261 g/mol. The molecule has 1 aromatic rings. The lowest BCUT2D eigenvalue weighted by Crippen LogP contribution is -2.40. The lowest BCUT2D eigenvalue weighted by molar-refractivity contribution is -0.161. The molecule has 1 aromatic carbocycles. The van der Waals surface area contributed by atoms with E-state index in [1.54, 1.807) is 6.07 Å². The van der Waals surface area contributed by atoms with Crippen molar-refractivity contribution < 1.29 is 9.84 Å². The van der Waals surface area contributed by atoms with Crippen molar-refractivity contribution >= 4 is 0 Å². The summed E-state index contributed by atoms with van der Waals surface area (Å²) in [7, 11) is 0. The summed E-state index contributed by atoms with van der Waals surface area (Å²) in [6.45, 7) is 3.03. The van der Waals surface area contributed by atoms with Crippen LogP contribution in [0, 0.1) is 0 Å². The molecule has 1 heterocycles. The third kappa shape index (κ3) is 3.50. The number of hydrogen-bond donors (Lipinski definition) is 0. The van der Waals surface area contributed by atoms with E-state index in [4.69, 9.17) is 4.74 Å². The zero-order chi connectivity index (χ0) is 13.6. The smallest absolute Gasteiger partial charge is 0.184 e. The molecule has 2 heteroatoms. The van der Waals surface area contributed by atoms with Crippen molar-refractivity contribution in [1.29, 1.82) is 0 Å². The highest BCUT2D eigenvalue weighted by molar-refractivity contribution is 5.37. The SMILES string of the molecule is CCCCCCCCC1(c2ccccc2[O])CCO1. The van der Waals surface area contributed by atoms with Gasteiger partial charge in [-0.3, -0.25) is 5.11 Å². The monoisotopic (exact) mass is 261 g/mol. The van der Waals surface area contributed by atoms with Gasteiger partial charge in [-0.2, -0.15) is 0 Å². The molecule has 0 spiro atoms. The van der Waals surface area contributed by atoms with Crippen LogP contribution in [0.3, 0.4) is 0 Å². The number of benzene rings is 1. The predicted molar refractivity (Wildman–Crippen MR) is 76.8 cm³/mol. The second-order valence-electron chi connectivity index (χ2n) is 5.61. The van der Waals surface area contributed by atoms with Gasteiger partial charge in [0.1, 0.15) is 0 Å². The van der Waals surface area contributed by atoms with E-state index in [0.29, 0.717) is 0 Å². The van der Waals surface area contributed by atoms with Gasteiger partial charge in [0, 0.05) is 12.0 Å². The zero-order valence-electron chi connectivity index (χ0n) is 12.0. The molecule has 1 aliphatic rings. The summed E-state index contributed by atoms with van der Waals surface area (Å²) in [6.07, 6.45) is 9.69. The maximum absolute atomic E-state index is 12.0. The predicted octanol–water partition coefficient (Wildman–Crippen LogP) is 5.20. The fourth-order valence-corrected chi connectivity index (χ4v) is 2.93. The van der Waals surface area contributed by atoms with Crippen LogP contribution < -0.4 is 0 Å². The summed E-state index contributed by atoms with van der Waals surface area (Å²) in [5, 5.41) is 12.0. The topological polar surface area (TPSA) is 29.1 Å². The number of unbranched alkanes of at least 4 members (excludes halogenated alkanes) is 5. The van der Waals surface area contributed by atoms with Crippen LogP contribution in [0.5, 0.6) is 5.75 Å². The molecule has 0 aliphatic carbocycles. The molecule has 0 amide bonds. The van der Waals surface area contributed by atoms with Crippen molar-refractivity contribution in [3.05, 3.63) is 29.8 Å². The van der Waals surface area contributed by atoms with Crippen molar-refractivity contribution in [3.63, 3.8) is 0 Å². The van der Waals surface area contributed by atoms with E-state index in [9.17, 15) is 5.11 Å². The van der Waals surface area contributed by atoms with Gasteiger partial charge in [0.05, 0.1) is 12.2 Å². The summed E-state index contributed by atoms with van der Waals surface area (Å²) < 4.78 is 5.81. The van der Waals surface area contributed by atoms with Gasteiger partial charge in [-0.1, -0.05) is 63.6 Å². The molecule has 2 rings (SSSR count). The van der Waals surface area contributed by atoms with E-state index in [1.165, 1.54) is 32.1 Å². The molecule has 1 saturated heterocycles. The molecule has 19 heavy (non-hydrogen) atoms. The first-order valence-corrected chi connectivity index (χ1v) is 7.69. The maximum Gasteiger partial charge on any atom is 0.184 e. The number of hydrogen-bond acceptors (Lipinski definition) is 1. The van der Waals surface area contributed by atoms with Gasteiger partial charge >= 0.3 is 0 Å². The van der Waals surface area contributed by atoms with E-state index < -0.39 is 0 Å². The number of rotatable bonds is 8. The second kappa shape index (κ2) is 6.95. The van der Waals surface area contributed by atoms with Crippen LogP contribution in [0.4, 0.5) is 0 Å². The highest BCUT2D eigenvalue weighted by Crippen LogP contribution is 2.45. The van der Waals surface area contributed by atoms with Gasteiger partial charge in [-0.25, -0.2) is 0 Å². The van der Waals surface area contributed by atoms with Gasteiger partial charge in [-0.05, 0) is 12.5 Å². The van der Waals surface area contributed by atoms with Gasteiger partial charge in [0.2, 0.25) is 0 Å². The molecule has 1 radical (unpaired) electrons. The Labute approximate surface area is 116 Å². The Morgan fingerprint density at radius 1 is 1.11 bits per heavy atom. The van der Waals surface area contributed by atoms with Crippen LogP contribution in [-0.4, -0.2) is 6.61 Å². The fraction of sp³-hybridized carbons (Fsp3) is 0.647. The Hall–Kier alpha value is -1.02. The van der Waals surface area contributed by atoms with E-state index in [-0.39, 0.29) is 11.4 Å². The number of ether oxygens (including phenoxy) is 1. The molecule has 1 atom stereocenters. The van der Waals surface area contributed by atoms with Crippen molar-refractivity contribution in [1.82, 2.24) is 0 Å². The molecule has 0 bridgehead atoms. The van der Waals surface area contributed by atoms with Gasteiger partial charge < -0.3 is 4.74 Å². The van der Waals surface area contributed by atoms with Crippen LogP contribution in [0.1, 0.15) is 63.9 Å². The van der Waals surface area contributed by atoms with Crippen molar-refractivity contribution in [2.75, 3.05) is 6.61 Å². The highest BCUT2D eigenvalue weighted by atomic mass is 16.5. The maximum atomic E-state index is 12.0. The Balaban J connectivity index is 1.84. The number of para-hydroxylation sites is 1. The molecule has 0 aromatic heterocycles. The van der Waals surface area contributed by atoms with Crippen LogP contribution in [0.25, 0.3) is 0 Å². The lowest BCUT2D eigenvalue weighted by Gasteiger charge is -2.42. The second-order valence-corrected chi connectivity index (χ2v) is 5.61. The first-order valence-electron chi connectivity index (χ1n) is 7.69. The fourth-order valence-electron chi connectivity index (χ4n) is 2.93. The minimum Gasteiger partial charge on any atom is -0.370 e. The van der Waals surface area contributed by atoms with E-state index in [2.05, 4.69) is 6.92 Å². The Kier molecular flexibility index (Phi) is 5.26. The highest BCUT2D eigenvalue weighted by Gasteiger charge is 2.41. The molecule has 1 aliphatic heterocycles. The molecular weight excluding hydrogens is 236 g/mol. The molecule has 0 saturated carbocycles. The average Bonchev–Trinajstić information content (AvgIpc) is 2.37. The summed E-state index contributed by atoms with van der Waals surface area (Å²) in [5.41, 5.74) is 0.609. The zero-order valence-corrected chi connectivity index (χ0v) is 12.0. The van der Waals surface area contributed by atoms with Crippen LogP contribution in [0.15, 0.2) is 24.3 Å². The standard InChI is InChI=1S/C17H25O2/c1-2-3-4-5-6-9-12-17(13-14-19-17)15-10-7-8-11-16(15)18/h7-8,10-11H,2-6,9,12-14H2,1H3. The quantitative estimate of drug-likeness (QED) is 0.591. The largest absolute Gasteiger partial charge is 0.370 e. The summed E-state index contributed by atoms with van der Waals surface area (Å²) >= 11 is 0. The minimum absolute atomic E-state index is 0.133. The van der Waals surface area contributed by atoms with Crippen molar-refractivity contribution in [3.8, 4) is 5.75 Å². The van der Waals surface area contributed by atoms with Crippen molar-refractivity contribution in [2.24, 2.45) is 0 Å². The summed E-state index contributed by atoms with van der Waals surface area (Å²) in [4.78, 5) is 0. The third-order valence-corrected chi connectivity index (χ3v) is 4.20.